The van der Waals surface area contributed by atoms with Crippen LogP contribution in [-0.4, -0.2) is 11.1 Å². The van der Waals surface area contributed by atoms with Crippen LogP contribution >= 0.6 is 23.4 Å². The summed E-state index contributed by atoms with van der Waals surface area (Å²) in [7, 11) is 0. The molecule has 0 heterocycles. The average molecular weight is 269 g/mol. The van der Waals surface area contributed by atoms with E-state index in [-0.39, 0.29) is 5.25 Å². The third-order valence-corrected chi connectivity index (χ3v) is 3.89. The summed E-state index contributed by atoms with van der Waals surface area (Å²) in [4.78, 5) is 0. The minimum Gasteiger partial charge on any atom is -0.166 e. The van der Waals surface area contributed by atoms with Crippen molar-refractivity contribution >= 4 is 23.4 Å². The largest absolute Gasteiger partial charge is 0.416 e. The number of alkyl halides is 4. The van der Waals surface area contributed by atoms with Crippen molar-refractivity contribution in [1.82, 2.24) is 0 Å². The van der Waals surface area contributed by atoms with E-state index >= 15 is 0 Å². The van der Waals surface area contributed by atoms with Crippen LogP contribution < -0.4 is 0 Å². The molecule has 0 saturated carbocycles. The molecule has 1 rings (SSSR count). The Kier molecular flexibility index (Phi) is 4.99. The summed E-state index contributed by atoms with van der Waals surface area (Å²) in [6, 6.07) is 5.40. The Bertz CT molecular complexity index is 338. The van der Waals surface area contributed by atoms with E-state index in [0.29, 0.717) is 17.2 Å². The van der Waals surface area contributed by atoms with Gasteiger partial charge in [0, 0.05) is 16.9 Å². The molecule has 0 nitrogen and oxygen atoms in total. The molecule has 0 saturated heterocycles. The third-order valence-electron chi connectivity index (χ3n) is 2.01. The fraction of sp³-hybridized carbons (Fsp3) is 0.455. The normalized spacial score (nSPS) is 13.8. The number of hydrogen-bond donors (Lipinski definition) is 0. The number of benzene rings is 1. The number of hydrogen-bond acceptors (Lipinski definition) is 1. The lowest BCUT2D eigenvalue weighted by Gasteiger charge is -2.10. The van der Waals surface area contributed by atoms with E-state index in [1.165, 1.54) is 12.1 Å². The van der Waals surface area contributed by atoms with Gasteiger partial charge in [0.25, 0.3) is 0 Å². The van der Waals surface area contributed by atoms with E-state index in [9.17, 15) is 13.2 Å². The molecule has 0 bridgehead atoms. The van der Waals surface area contributed by atoms with Crippen LogP contribution in [0.4, 0.5) is 13.2 Å². The van der Waals surface area contributed by atoms with Gasteiger partial charge in [-0.1, -0.05) is 25.1 Å². The predicted octanol–water partition coefficient (Wildman–Crippen LogP) is 4.57. The fourth-order valence-electron chi connectivity index (χ4n) is 1.12. The van der Waals surface area contributed by atoms with Gasteiger partial charge in [0.2, 0.25) is 0 Å². The van der Waals surface area contributed by atoms with Crippen molar-refractivity contribution in [3.05, 3.63) is 35.4 Å². The van der Waals surface area contributed by atoms with Crippen LogP contribution in [0, 0.1) is 0 Å². The van der Waals surface area contributed by atoms with Crippen LogP contribution in [0.5, 0.6) is 0 Å². The minimum atomic E-state index is -4.27. The average Bonchev–Trinajstić information content (AvgIpc) is 2.25. The topological polar surface area (TPSA) is 0 Å². The maximum Gasteiger partial charge on any atom is 0.416 e. The lowest BCUT2D eigenvalue weighted by molar-refractivity contribution is -0.137. The first-order chi connectivity index (χ1) is 7.43. The van der Waals surface area contributed by atoms with Crippen molar-refractivity contribution in [2.45, 2.75) is 24.1 Å². The van der Waals surface area contributed by atoms with E-state index in [4.69, 9.17) is 11.6 Å². The molecule has 1 atom stereocenters. The highest BCUT2D eigenvalue weighted by molar-refractivity contribution is 7.99. The molecule has 0 aliphatic carbocycles. The van der Waals surface area contributed by atoms with Gasteiger partial charge in [0.1, 0.15) is 0 Å². The van der Waals surface area contributed by atoms with Gasteiger partial charge in [0.05, 0.1) is 5.56 Å². The highest BCUT2D eigenvalue weighted by atomic mass is 35.5. The van der Waals surface area contributed by atoms with Crippen LogP contribution in [0.15, 0.2) is 24.3 Å². The summed E-state index contributed by atoms with van der Waals surface area (Å²) in [6.45, 7) is 1.95. The Morgan fingerprint density at radius 2 is 2.06 bits per heavy atom. The molecule has 0 spiro atoms. The van der Waals surface area contributed by atoms with Crippen molar-refractivity contribution in [3.63, 3.8) is 0 Å². The van der Waals surface area contributed by atoms with Crippen LogP contribution in [0.3, 0.4) is 0 Å². The molecular formula is C11H12ClF3S. The first kappa shape index (κ1) is 13.7. The zero-order chi connectivity index (χ0) is 12.2. The second-order valence-corrected chi connectivity index (χ2v) is 5.21. The van der Waals surface area contributed by atoms with Crippen molar-refractivity contribution in [1.29, 1.82) is 0 Å². The highest BCUT2D eigenvalue weighted by Crippen LogP contribution is 2.30. The molecule has 0 aliphatic heterocycles. The van der Waals surface area contributed by atoms with Gasteiger partial charge in [-0.3, -0.25) is 0 Å². The van der Waals surface area contributed by atoms with Crippen molar-refractivity contribution in [2.75, 3.05) is 5.88 Å². The Balaban J connectivity index is 2.68. The lowest BCUT2D eigenvalue weighted by atomic mass is 10.1. The van der Waals surface area contributed by atoms with Crippen LogP contribution in [0.2, 0.25) is 0 Å². The third kappa shape index (κ3) is 4.26. The van der Waals surface area contributed by atoms with E-state index in [1.807, 2.05) is 6.92 Å². The van der Waals surface area contributed by atoms with Gasteiger partial charge in [-0.2, -0.15) is 24.9 Å². The molecule has 0 fully saturated rings. The number of thioether (sulfide) groups is 1. The zero-order valence-corrected chi connectivity index (χ0v) is 10.3. The number of rotatable bonds is 4. The Morgan fingerprint density at radius 3 is 2.62 bits per heavy atom. The summed E-state index contributed by atoms with van der Waals surface area (Å²) < 4.78 is 37.2. The standard InChI is InChI=1S/C11H12ClF3S/c1-8(6-12)16-7-9-3-2-4-10(5-9)11(13,14)15/h2-5,8H,6-7H2,1H3. The lowest BCUT2D eigenvalue weighted by Crippen LogP contribution is -2.05. The minimum absolute atomic E-state index is 0.246. The molecular weight excluding hydrogens is 257 g/mol. The second-order valence-electron chi connectivity index (χ2n) is 3.47. The summed E-state index contributed by atoms with van der Waals surface area (Å²) in [5, 5.41) is 0.246. The molecule has 1 aromatic rings. The van der Waals surface area contributed by atoms with E-state index in [0.717, 1.165) is 6.07 Å². The zero-order valence-electron chi connectivity index (χ0n) is 8.72. The van der Waals surface area contributed by atoms with Crippen molar-refractivity contribution in [3.8, 4) is 0 Å². The van der Waals surface area contributed by atoms with Gasteiger partial charge in [-0.25, -0.2) is 0 Å². The summed E-state index contributed by atoms with van der Waals surface area (Å²) in [5.74, 6) is 1.06. The molecule has 0 N–H and O–H groups in total. The van der Waals surface area contributed by atoms with E-state index < -0.39 is 11.7 Å². The maximum atomic E-state index is 12.4. The molecule has 0 aromatic heterocycles. The van der Waals surface area contributed by atoms with Crippen molar-refractivity contribution < 1.29 is 13.2 Å². The highest BCUT2D eigenvalue weighted by Gasteiger charge is 2.30. The molecule has 16 heavy (non-hydrogen) atoms. The SMILES string of the molecule is CC(CCl)SCc1cccc(C(F)(F)F)c1. The second kappa shape index (κ2) is 5.82. The maximum absolute atomic E-state index is 12.4. The Hall–Kier alpha value is -0.350. The van der Waals surface area contributed by atoms with Crippen molar-refractivity contribution in [2.24, 2.45) is 0 Å². The van der Waals surface area contributed by atoms with E-state index in [2.05, 4.69) is 0 Å². The molecule has 1 unspecified atom stereocenters. The van der Waals surface area contributed by atoms with Gasteiger partial charge < -0.3 is 0 Å². The monoisotopic (exact) mass is 268 g/mol. The Labute approximate surface area is 102 Å². The van der Waals surface area contributed by atoms with Gasteiger partial charge >= 0.3 is 6.18 Å². The van der Waals surface area contributed by atoms with Crippen LogP contribution in [0.25, 0.3) is 0 Å². The fourth-order valence-corrected chi connectivity index (χ4v) is 2.13. The predicted molar refractivity (Wildman–Crippen MR) is 62.9 cm³/mol. The molecule has 5 heteroatoms. The molecule has 0 amide bonds. The first-order valence-electron chi connectivity index (χ1n) is 4.77. The smallest absolute Gasteiger partial charge is 0.166 e. The first-order valence-corrected chi connectivity index (χ1v) is 6.35. The summed E-state index contributed by atoms with van der Waals surface area (Å²) in [6.07, 6.45) is -4.27. The summed E-state index contributed by atoms with van der Waals surface area (Å²) >= 11 is 7.17. The quantitative estimate of drug-likeness (QED) is 0.721. The summed E-state index contributed by atoms with van der Waals surface area (Å²) in [5.41, 5.74) is 0.0842. The van der Waals surface area contributed by atoms with E-state index in [1.54, 1.807) is 17.8 Å². The molecule has 0 radical (unpaired) electrons. The van der Waals surface area contributed by atoms with Gasteiger partial charge in [-0.05, 0) is 11.6 Å². The molecule has 90 valence electrons. The van der Waals surface area contributed by atoms with Crippen LogP contribution in [0.1, 0.15) is 18.1 Å². The number of halogens is 4. The molecule has 1 aromatic carbocycles. The van der Waals surface area contributed by atoms with Gasteiger partial charge in [-0.15, -0.1) is 11.6 Å². The van der Waals surface area contributed by atoms with Crippen LogP contribution in [-0.2, 0) is 11.9 Å². The molecule has 0 aliphatic rings. The Morgan fingerprint density at radius 1 is 1.38 bits per heavy atom. The van der Waals surface area contributed by atoms with Gasteiger partial charge in [0.15, 0.2) is 0 Å².